The first kappa shape index (κ1) is 9.13. The predicted molar refractivity (Wildman–Crippen MR) is 48.9 cm³/mol. The van der Waals surface area contributed by atoms with Crippen molar-refractivity contribution in [1.82, 2.24) is 9.97 Å². The van der Waals surface area contributed by atoms with Crippen LogP contribution in [0.25, 0.3) is 0 Å². The molecule has 1 aromatic rings. The van der Waals surface area contributed by atoms with Crippen LogP contribution in [0.1, 0.15) is 24.0 Å². The standard InChI is InChI=1S/C9H15N3/c1-6(10)4-9-8(3)11-5-7(2)12-9/h5-6H,4,10H2,1-3H3. The Hall–Kier alpha value is -0.960. The molecule has 0 saturated heterocycles. The zero-order valence-electron chi connectivity index (χ0n) is 7.83. The largest absolute Gasteiger partial charge is 0.328 e. The van der Waals surface area contributed by atoms with E-state index in [2.05, 4.69) is 9.97 Å². The van der Waals surface area contributed by atoms with E-state index in [1.54, 1.807) is 6.20 Å². The Morgan fingerprint density at radius 1 is 1.50 bits per heavy atom. The van der Waals surface area contributed by atoms with E-state index in [0.29, 0.717) is 0 Å². The number of nitrogens with zero attached hydrogens (tertiary/aromatic N) is 2. The van der Waals surface area contributed by atoms with Crippen LogP contribution >= 0.6 is 0 Å². The summed E-state index contributed by atoms with van der Waals surface area (Å²) >= 11 is 0. The molecule has 12 heavy (non-hydrogen) atoms. The summed E-state index contributed by atoms with van der Waals surface area (Å²) in [6, 6.07) is 0.153. The summed E-state index contributed by atoms with van der Waals surface area (Å²) in [7, 11) is 0. The van der Waals surface area contributed by atoms with Crippen molar-refractivity contribution in [2.45, 2.75) is 33.2 Å². The van der Waals surface area contributed by atoms with E-state index in [1.165, 1.54) is 0 Å². The number of nitrogens with two attached hydrogens (primary N) is 1. The summed E-state index contributed by atoms with van der Waals surface area (Å²) in [6.07, 6.45) is 2.58. The molecule has 1 heterocycles. The number of aromatic nitrogens is 2. The molecule has 3 nitrogen and oxygen atoms in total. The average Bonchev–Trinajstić information content (AvgIpc) is 1.96. The molecule has 1 unspecified atom stereocenters. The number of hydrogen-bond acceptors (Lipinski definition) is 3. The van der Waals surface area contributed by atoms with Crippen LogP contribution in [0.5, 0.6) is 0 Å². The second-order valence-corrected chi connectivity index (χ2v) is 3.22. The van der Waals surface area contributed by atoms with E-state index in [0.717, 1.165) is 23.5 Å². The molecule has 1 aromatic heterocycles. The molecule has 0 aliphatic heterocycles. The van der Waals surface area contributed by atoms with Crippen molar-refractivity contribution < 1.29 is 0 Å². The number of hydrogen-bond donors (Lipinski definition) is 1. The molecule has 1 atom stereocenters. The first-order valence-corrected chi connectivity index (χ1v) is 4.14. The maximum Gasteiger partial charge on any atom is 0.0634 e. The first-order valence-electron chi connectivity index (χ1n) is 4.14. The fraction of sp³-hybridized carbons (Fsp3) is 0.556. The minimum Gasteiger partial charge on any atom is -0.328 e. The number of aryl methyl sites for hydroxylation is 2. The van der Waals surface area contributed by atoms with Crippen LogP contribution in [0.3, 0.4) is 0 Å². The van der Waals surface area contributed by atoms with Gasteiger partial charge in [-0.05, 0) is 20.8 Å². The topological polar surface area (TPSA) is 51.8 Å². The summed E-state index contributed by atoms with van der Waals surface area (Å²) < 4.78 is 0. The molecule has 0 aliphatic carbocycles. The molecule has 3 heteroatoms. The monoisotopic (exact) mass is 165 g/mol. The van der Waals surface area contributed by atoms with Gasteiger partial charge in [0.25, 0.3) is 0 Å². The van der Waals surface area contributed by atoms with Crippen molar-refractivity contribution in [1.29, 1.82) is 0 Å². The van der Waals surface area contributed by atoms with Gasteiger partial charge in [0.15, 0.2) is 0 Å². The van der Waals surface area contributed by atoms with Crippen LogP contribution in [-0.4, -0.2) is 16.0 Å². The summed E-state index contributed by atoms with van der Waals surface area (Å²) in [5.41, 5.74) is 8.63. The van der Waals surface area contributed by atoms with E-state index in [4.69, 9.17) is 5.73 Å². The van der Waals surface area contributed by atoms with Gasteiger partial charge in [-0.2, -0.15) is 0 Å². The second-order valence-electron chi connectivity index (χ2n) is 3.22. The third-order valence-electron chi connectivity index (χ3n) is 1.69. The highest BCUT2D eigenvalue weighted by molar-refractivity contribution is 5.12. The summed E-state index contributed by atoms with van der Waals surface area (Å²) in [4.78, 5) is 8.58. The lowest BCUT2D eigenvalue weighted by Crippen LogP contribution is -2.19. The molecule has 1 rings (SSSR count). The third-order valence-corrected chi connectivity index (χ3v) is 1.69. The van der Waals surface area contributed by atoms with Crippen molar-refractivity contribution in [2.75, 3.05) is 0 Å². The van der Waals surface area contributed by atoms with Gasteiger partial charge >= 0.3 is 0 Å². The van der Waals surface area contributed by atoms with Crippen molar-refractivity contribution in [3.63, 3.8) is 0 Å². The van der Waals surface area contributed by atoms with Crippen LogP contribution in [0.4, 0.5) is 0 Å². The number of rotatable bonds is 2. The van der Waals surface area contributed by atoms with E-state index in [-0.39, 0.29) is 6.04 Å². The predicted octanol–water partition coefficient (Wildman–Crippen LogP) is 0.983. The maximum absolute atomic E-state index is 5.68. The minimum atomic E-state index is 0.153. The average molecular weight is 165 g/mol. The molecule has 0 bridgehead atoms. The normalized spacial score (nSPS) is 13.0. The van der Waals surface area contributed by atoms with Gasteiger partial charge in [0, 0.05) is 18.7 Å². The second kappa shape index (κ2) is 3.63. The lowest BCUT2D eigenvalue weighted by Gasteiger charge is -2.07. The van der Waals surface area contributed by atoms with Gasteiger partial charge in [-0.25, -0.2) is 0 Å². The minimum absolute atomic E-state index is 0.153. The molecule has 0 amide bonds. The van der Waals surface area contributed by atoms with Gasteiger partial charge in [0.05, 0.1) is 17.1 Å². The molecule has 0 saturated carbocycles. The fourth-order valence-corrected chi connectivity index (χ4v) is 1.09. The van der Waals surface area contributed by atoms with Crippen molar-refractivity contribution in [3.05, 3.63) is 23.3 Å². The highest BCUT2D eigenvalue weighted by atomic mass is 14.8. The van der Waals surface area contributed by atoms with Crippen molar-refractivity contribution >= 4 is 0 Å². The summed E-state index contributed by atoms with van der Waals surface area (Å²) in [5.74, 6) is 0. The Kier molecular flexibility index (Phi) is 2.76. The SMILES string of the molecule is Cc1cnc(C)c(CC(C)N)n1. The van der Waals surface area contributed by atoms with Gasteiger partial charge in [-0.3, -0.25) is 9.97 Å². The quantitative estimate of drug-likeness (QED) is 0.710. The van der Waals surface area contributed by atoms with Gasteiger partial charge < -0.3 is 5.73 Å². The molecule has 66 valence electrons. The first-order chi connectivity index (χ1) is 5.59. The molecule has 0 spiro atoms. The molecular formula is C9H15N3. The Balaban J connectivity index is 2.90. The zero-order chi connectivity index (χ0) is 9.14. The van der Waals surface area contributed by atoms with Crippen molar-refractivity contribution in [2.24, 2.45) is 5.73 Å². The van der Waals surface area contributed by atoms with E-state index < -0.39 is 0 Å². The molecule has 0 fully saturated rings. The van der Waals surface area contributed by atoms with Crippen LogP contribution in [-0.2, 0) is 6.42 Å². The van der Waals surface area contributed by atoms with Crippen LogP contribution in [0.2, 0.25) is 0 Å². The van der Waals surface area contributed by atoms with Gasteiger partial charge in [0.2, 0.25) is 0 Å². The Bertz CT molecular complexity index is 268. The highest BCUT2D eigenvalue weighted by Crippen LogP contribution is 2.04. The Morgan fingerprint density at radius 3 is 2.75 bits per heavy atom. The Morgan fingerprint density at radius 2 is 2.17 bits per heavy atom. The zero-order valence-corrected chi connectivity index (χ0v) is 7.83. The maximum atomic E-state index is 5.68. The van der Waals surface area contributed by atoms with E-state index >= 15 is 0 Å². The summed E-state index contributed by atoms with van der Waals surface area (Å²) in [6.45, 7) is 5.88. The lowest BCUT2D eigenvalue weighted by atomic mass is 10.1. The molecule has 0 aromatic carbocycles. The van der Waals surface area contributed by atoms with Crippen molar-refractivity contribution in [3.8, 4) is 0 Å². The highest BCUT2D eigenvalue weighted by Gasteiger charge is 2.03. The molecule has 0 radical (unpaired) electrons. The lowest BCUT2D eigenvalue weighted by molar-refractivity contribution is 0.709. The Labute approximate surface area is 73.0 Å². The van der Waals surface area contributed by atoms with Crippen LogP contribution in [0.15, 0.2) is 6.20 Å². The smallest absolute Gasteiger partial charge is 0.0634 e. The molecular weight excluding hydrogens is 150 g/mol. The molecule has 0 aliphatic rings. The molecule has 2 N–H and O–H groups in total. The van der Waals surface area contributed by atoms with Gasteiger partial charge in [0.1, 0.15) is 0 Å². The van der Waals surface area contributed by atoms with E-state index in [9.17, 15) is 0 Å². The van der Waals surface area contributed by atoms with Crippen LogP contribution in [0, 0.1) is 13.8 Å². The third kappa shape index (κ3) is 2.27. The summed E-state index contributed by atoms with van der Waals surface area (Å²) in [5, 5.41) is 0. The van der Waals surface area contributed by atoms with Gasteiger partial charge in [-0.15, -0.1) is 0 Å². The van der Waals surface area contributed by atoms with Gasteiger partial charge in [-0.1, -0.05) is 0 Å². The fourth-order valence-electron chi connectivity index (χ4n) is 1.09. The van der Waals surface area contributed by atoms with E-state index in [1.807, 2.05) is 20.8 Å². The van der Waals surface area contributed by atoms with Crippen LogP contribution < -0.4 is 5.73 Å².